The Morgan fingerprint density at radius 1 is 1.00 bits per heavy atom. The van der Waals surface area contributed by atoms with Crippen LogP contribution >= 0.6 is 7.44 Å². The predicted molar refractivity (Wildman–Crippen MR) is 89.1 cm³/mol. The molecule has 0 aliphatic carbocycles. The van der Waals surface area contributed by atoms with E-state index in [2.05, 4.69) is 72.4 Å². The van der Waals surface area contributed by atoms with Crippen LogP contribution < -0.4 is 34.1 Å². The van der Waals surface area contributed by atoms with E-state index in [0.29, 0.717) is 0 Å². The minimum absolute atomic E-state index is 0. The maximum absolute atomic E-state index is 14.2. The standard InChI is InChI=1S/C15H32N4OP.HI/c1-7-16-13-14-17(8-2)15(16)21(20,18(9-3)10-4)19(11-5)12-6;/h13-14H,7-12H2,1-6H3;1H/q+1;/p-1. The third-order valence-corrected chi connectivity index (χ3v) is 7.81. The molecule has 22 heavy (non-hydrogen) atoms. The predicted octanol–water partition coefficient (Wildman–Crippen LogP) is -0.679. The smallest absolute Gasteiger partial charge is 0.345 e. The molecule has 0 atom stereocenters. The van der Waals surface area contributed by atoms with Crippen LogP contribution in [0.3, 0.4) is 0 Å². The van der Waals surface area contributed by atoms with E-state index in [1.807, 2.05) is 0 Å². The van der Waals surface area contributed by atoms with Gasteiger partial charge in [-0.25, -0.2) is 18.5 Å². The van der Waals surface area contributed by atoms with Crippen molar-refractivity contribution in [2.75, 3.05) is 26.2 Å². The third kappa shape index (κ3) is 3.94. The Balaban J connectivity index is 0.00000441. The van der Waals surface area contributed by atoms with Gasteiger partial charge in [-0.2, -0.15) is 0 Å². The van der Waals surface area contributed by atoms with Gasteiger partial charge in [-0.1, -0.05) is 27.7 Å². The number of aryl methyl sites for hydroxylation is 2. The number of hydrogen-bond donors (Lipinski definition) is 0. The molecule has 0 N–H and O–H groups in total. The van der Waals surface area contributed by atoms with Crippen LogP contribution in [0.25, 0.3) is 0 Å². The number of rotatable bonds is 9. The average Bonchev–Trinajstić information content (AvgIpc) is 2.93. The zero-order valence-electron chi connectivity index (χ0n) is 14.9. The normalized spacial score (nSPS) is 12.0. The first-order chi connectivity index (χ1) is 10.0. The fourth-order valence-corrected chi connectivity index (χ4v) is 6.42. The maximum Gasteiger partial charge on any atom is 0.345 e. The quantitative estimate of drug-likeness (QED) is 0.289. The van der Waals surface area contributed by atoms with E-state index in [1.165, 1.54) is 0 Å². The molecule has 0 aliphatic heterocycles. The van der Waals surface area contributed by atoms with Crippen LogP contribution in [0.4, 0.5) is 0 Å². The summed E-state index contributed by atoms with van der Waals surface area (Å²) in [4.78, 5) is 0. The van der Waals surface area contributed by atoms with Gasteiger partial charge in [0.05, 0.1) is 13.1 Å². The minimum atomic E-state index is -2.76. The summed E-state index contributed by atoms with van der Waals surface area (Å²) in [6.07, 6.45) is 4.11. The van der Waals surface area contributed by atoms with E-state index < -0.39 is 7.44 Å². The molecule has 130 valence electrons. The molecule has 1 aromatic heterocycles. The molecule has 0 saturated heterocycles. The van der Waals surface area contributed by atoms with Crippen molar-refractivity contribution in [2.24, 2.45) is 0 Å². The maximum atomic E-state index is 14.2. The minimum Gasteiger partial charge on any atom is -1.00 e. The SMILES string of the molecule is CCN(CC)P(=O)(c1n(CC)cc[n+]1CC)N(CC)CC.[I-]. The Hall–Kier alpha value is 0.0900. The molecule has 0 spiro atoms. The second-order valence-corrected chi connectivity index (χ2v) is 7.61. The summed E-state index contributed by atoms with van der Waals surface area (Å²) in [7, 11) is -2.76. The zero-order chi connectivity index (χ0) is 16.0. The Morgan fingerprint density at radius 2 is 1.45 bits per heavy atom. The molecule has 0 amide bonds. The summed E-state index contributed by atoms with van der Waals surface area (Å²) < 4.78 is 22.7. The lowest BCUT2D eigenvalue weighted by Gasteiger charge is -2.35. The molecule has 0 aromatic carbocycles. The zero-order valence-corrected chi connectivity index (χ0v) is 18.0. The highest BCUT2D eigenvalue weighted by atomic mass is 127. The Morgan fingerprint density at radius 3 is 1.77 bits per heavy atom. The Kier molecular flexibility index (Phi) is 10.1. The summed E-state index contributed by atoms with van der Waals surface area (Å²) in [5.41, 5.74) is 0.958. The van der Waals surface area contributed by atoms with Crippen molar-refractivity contribution < 1.29 is 33.1 Å². The van der Waals surface area contributed by atoms with Crippen molar-refractivity contribution >= 4 is 13.0 Å². The van der Waals surface area contributed by atoms with Crippen molar-refractivity contribution in [1.82, 2.24) is 13.9 Å². The van der Waals surface area contributed by atoms with Gasteiger partial charge in [-0.15, -0.1) is 0 Å². The number of aromatic nitrogens is 2. The number of nitrogens with zero attached hydrogens (tertiary/aromatic N) is 4. The highest BCUT2D eigenvalue weighted by molar-refractivity contribution is 7.66. The highest BCUT2D eigenvalue weighted by Crippen LogP contribution is 2.50. The van der Waals surface area contributed by atoms with E-state index >= 15 is 0 Å². The van der Waals surface area contributed by atoms with Gasteiger partial charge >= 0.3 is 13.0 Å². The van der Waals surface area contributed by atoms with E-state index in [1.54, 1.807) is 0 Å². The first kappa shape index (κ1) is 22.1. The third-order valence-electron chi connectivity index (χ3n) is 4.11. The van der Waals surface area contributed by atoms with Gasteiger partial charge in [0.1, 0.15) is 12.4 Å². The fourth-order valence-electron chi connectivity index (χ4n) is 2.93. The van der Waals surface area contributed by atoms with Gasteiger partial charge in [0.2, 0.25) is 0 Å². The van der Waals surface area contributed by atoms with Gasteiger partial charge in [-0.05, 0) is 13.8 Å². The van der Waals surface area contributed by atoms with Crippen molar-refractivity contribution in [1.29, 1.82) is 0 Å². The number of hydrogen-bond acceptors (Lipinski definition) is 1. The summed E-state index contributed by atoms with van der Waals surface area (Å²) in [6, 6.07) is 0. The summed E-state index contributed by atoms with van der Waals surface area (Å²) in [5.74, 6) is 0. The molecule has 1 rings (SSSR count). The topological polar surface area (TPSA) is 32.4 Å². The van der Waals surface area contributed by atoms with E-state index in [4.69, 9.17) is 0 Å². The van der Waals surface area contributed by atoms with Crippen LogP contribution in [-0.2, 0) is 17.7 Å². The molecule has 0 radical (unpaired) electrons. The molecule has 0 fully saturated rings. The molecule has 1 aromatic rings. The molecular formula is C15H32IN4OP. The van der Waals surface area contributed by atoms with Crippen LogP contribution in [0.2, 0.25) is 0 Å². The van der Waals surface area contributed by atoms with Gasteiger partial charge in [0.15, 0.2) is 0 Å². The monoisotopic (exact) mass is 442 g/mol. The van der Waals surface area contributed by atoms with Gasteiger partial charge < -0.3 is 24.0 Å². The van der Waals surface area contributed by atoms with E-state index in [0.717, 1.165) is 44.8 Å². The molecule has 1 heterocycles. The van der Waals surface area contributed by atoms with Crippen molar-refractivity contribution in [3.05, 3.63) is 12.4 Å². The molecule has 7 heteroatoms. The Labute approximate surface area is 153 Å². The lowest BCUT2D eigenvalue weighted by atomic mass is 10.7. The number of imidazole rings is 1. The van der Waals surface area contributed by atoms with E-state index in [9.17, 15) is 4.57 Å². The molecule has 0 bridgehead atoms. The number of halogens is 1. The summed E-state index contributed by atoms with van der Waals surface area (Å²) >= 11 is 0. The van der Waals surface area contributed by atoms with Gasteiger partial charge in [0.25, 0.3) is 0 Å². The van der Waals surface area contributed by atoms with Crippen molar-refractivity contribution in [3.8, 4) is 0 Å². The first-order valence-corrected chi connectivity index (χ1v) is 9.86. The van der Waals surface area contributed by atoms with Crippen LogP contribution in [0.15, 0.2) is 12.4 Å². The van der Waals surface area contributed by atoms with Crippen molar-refractivity contribution in [2.45, 2.75) is 54.6 Å². The highest BCUT2D eigenvalue weighted by Gasteiger charge is 2.45. The van der Waals surface area contributed by atoms with Crippen LogP contribution in [-0.4, -0.2) is 40.1 Å². The molecule has 5 nitrogen and oxygen atoms in total. The molecule has 0 saturated carbocycles. The fraction of sp³-hybridized carbons (Fsp3) is 0.800. The van der Waals surface area contributed by atoms with Crippen LogP contribution in [0, 0.1) is 0 Å². The van der Waals surface area contributed by atoms with Crippen LogP contribution in [0.5, 0.6) is 0 Å². The van der Waals surface area contributed by atoms with Crippen molar-refractivity contribution in [3.63, 3.8) is 0 Å². The van der Waals surface area contributed by atoms with Gasteiger partial charge in [-0.3, -0.25) is 4.57 Å². The lowest BCUT2D eigenvalue weighted by molar-refractivity contribution is -0.675. The largest absolute Gasteiger partial charge is 1.00 e. The summed E-state index contributed by atoms with van der Waals surface area (Å²) in [6.45, 7) is 17.5. The lowest BCUT2D eigenvalue weighted by Crippen LogP contribution is -3.00. The summed E-state index contributed by atoms with van der Waals surface area (Å²) in [5, 5.41) is 0. The molecule has 0 unspecified atom stereocenters. The molecular weight excluding hydrogens is 410 g/mol. The second-order valence-electron chi connectivity index (χ2n) is 4.99. The van der Waals surface area contributed by atoms with Gasteiger partial charge in [0, 0.05) is 26.2 Å². The average molecular weight is 442 g/mol. The second kappa shape index (κ2) is 10.1. The van der Waals surface area contributed by atoms with Crippen LogP contribution in [0.1, 0.15) is 41.5 Å². The Bertz CT molecular complexity index is 446. The molecule has 0 aliphatic rings. The van der Waals surface area contributed by atoms with E-state index in [-0.39, 0.29) is 24.0 Å². The first-order valence-electron chi connectivity index (χ1n) is 8.24.